The molecule has 1 aliphatic rings. The van der Waals surface area contributed by atoms with Crippen molar-refractivity contribution in [3.05, 3.63) is 9.21 Å². The van der Waals surface area contributed by atoms with Crippen LogP contribution < -0.4 is 5.32 Å². The molecule has 0 saturated carbocycles. The van der Waals surface area contributed by atoms with Crippen molar-refractivity contribution in [2.45, 2.75) is 6.54 Å². The van der Waals surface area contributed by atoms with Gasteiger partial charge in [0.05, 0.1) is 6.54 Å². The van der Waals surface area contributed by atoms with E-state index in [1.165, 1.54) is 0 Å². The SMILES string of the molecule is Brc1nn(CC2CNC2)nc1Br.Cl. The quantitative estimate of drug-likeness (QED) is 0.891. The second-order valence-electron chi connectivity index (χ2n) is 2.86. The normalized spacial score (nSPS) is 16.5. The van der Waals surface area contributed by atoms with Gasteiger partial charge < -0.3 is 5.32 Å². The highest BCUT2D eigenvalue weighted by atomic mass is 79.9. The molecule has 0 amide bonds. The van der Waals surface area contributed by atoms with Crippen LogP contribution in [0.4, 0.5) is 0 Å². The van der Waals surface area contributed by atoms with E-state index in [9.17, 15) is 0 Å². The molecule has 0 atom stereocenters. The first-order chi connectivity index (χ1) is 5.75. The summed E-state index contributed by atoms with van der Waals surface area (Å²) < 4.78 is 1.55. The van der Waals surface area contributed by atoms with Crippen molar-refractivity contribution >= 4 is 44.3 Å². The lowest BCUT2D eigenvalue weighted by Crippen LogP contribution is -2.44. The van der Waals surface area contributed by atoms with Gasteiger partial charge in [0.1, 0.15) is 0 Å². The van der Waals surface area contributed by atoms with E-state index in [1.807, 2.05) is 0 Å². The summed E-state index contributed by atoms with van der Waals surface area (Å²) in [5.41, 5.74) is 0. The molecule has 1 fully saturated rings. The van der Waals surface area contributed by atoms with Gasteiger partial charge in [0.15, 0.2) is 9.21 Å². The number of nitrogens with one attached hydrogen (secondary N) is 1. The van der Waals surface area contributed by atoms with Crippen molar-refractivity contribution in [2.24, 2.45) is 5.92 Å². The fourth-order valence-electron chi connectivity index (χ4n) is 1.10. The number of halogens is 3. The summed E-state index contributed by atoms with van der Waals surface area (Å²) in [4.78, 5) is 1.72. The average Bonchev–Trinajstić information content (AvgIpc) is 2.24. The highest BCUT2D eigenvalue weighted by Crippen LogP contribution is 2.17. The van der Waals surface area contributed by atoms with Crippen molar-refractivity contribution in [3.63, 3.8) is 0 Å². The van der Waals surface area contributed by atoms with E-state index in [4.69, 9.17) is 0 Å². The highest BCUT2D eigenvalue weighted by Gasteiger charge is 2.18. The van der Waals surface area contributed by atoms with Gasteiger partial charge in [0.2, 0.25) is 0 Å². The molecular weight excluding hydrogens is 323 g/mol. The molecule has 1 N–H and O–H groups in total. The van der Waals surface area contributed by atoms with Crippen LogP contribution in [0.25, 0.3) is 0 Å². The molecule has 0 unspecified atom stereocenters. The Balaban J connectivity index is 0.000000845. The summed E-state index contributed by atoms with van der Waals surface area (Å²) in [5.74, 6) is 0.691. The van der Waals surface area contributed by atoms with Crippen LogP contribution in [0.2, 0.25) is 0 Å². The van der Waals surface area contributed by atoms with Gasteiger partial charge in [0, 0.05) is 19.0 Å². The Morgan fingerprint density at radius 2 is 1.85 bits per heavy atom. The molecule has 74 valence electrons. The number of nitrogens with zero attached hydrogens (tertiary/aromatic N) is 3. The molecule has 7 heteroatoms. The number of hydrogen-bond acceptors (Lipinski definition) is 3. The van der Waals surface area contributed by atoms with Crippen LogP contribution >= 0.6 is 44.3 Å². The summed E-state index contributed by atoms with van der Waals surface area (Å²) in [5, 5.41) is 11.6. The Morgan fingerprint density at radius 3 is 2.23 bits per heavy atom. The molecule has 1 aromatic rings. The zero-order valence-electron chi connectivity index (χ0n) is 6.70. The van der Waals surface area contributed by atoms with Crippen molar-refractivity contribution < 1.29 is 0 Å². The van der Waals surface area contributed by atoms with Gasteiger partial charge in [-0.1, -0.05) is 0 Å². The van der Waals surface area contributed by atoms with E-state index >= 15 is 0 Å². The topological polar surface area (TPSA) is 42.7 Å². The molecule has 13 heavy (non-hydrogen) atoms. The lowest BCUT2D eigenvalue weighted by molar-refractivity contribution is 0.280. The molecule has 1 aromatic heterocycles. The maximum atomic E-state index is 4.18. The maximum absolute atomic E-state index is 4.18. The molecule has 0 spiro atoms. The van der Waals surface area contributed by atoms with Crippen molar-refractivity contribution in [1.82, 2.24) is 20.3 Å². The van der Waals surface area contributed by atoms with Crippen molar-refractivity contribution in [3.8, 4) is 0 Å². The molecular formula is C6H9Br2ClN4. The van der Waals surface area contributed by atoms with Crippen LogP contribution in [0.5, 0.6) is 0 Å². The zero-order valence-corrected chi connectivity index (χ0v) is 10.7. The fourth-order valence-corrected chi connectivity index (χ4v) is 1.62. The van der Waals surface area contributed by atoms with Crippen LogP contribution in [0.15, 0.2) is 9.21 Å². The number of rotatable bonds is 2. The number of hydrogen-bond donors (Lipinski definition) is 1. The molecule has 0 aromatic carbocycles. The fraction of sp³-hybridized carbons (Fsp3) is 0.667. The van der Waals surface area contributed by atoms with Gasteiger partial charge in [-0.05, 0) is 31.9 Å². The van der Waals surface area contributed by atoms with Gasteiger partial charge in [0.25, 0.3) is 0 Å². The molecule has 1 saturated heterocycles. The predicted octanol–water partition coefficient (Wildman–Crippen LogP) is 1.44. The summed E-state index contributed by atoms with van der Waals surface area (Å²) in [6.07, 6.45) is 0. The Morgan fingerprint density at radius 1 is 1.31 bits per heavy atom. The molecule has 0 radical (unpaired) electrons. The molecule has 2 rings (SSSR count). The lowest BCUT2D eigenvalue weighted by Gasteiger charge is -2.25. The molecule has 0 aliphatic carbocycles. The Bertz CT molecular complexity index is 267. The van der Waals surface area contributed by atoms with E-state index in [0.29, 0.717) is 5.92 Å². The summed E-state index contributed by atoms with van der Waals surface area (Å²) in [6.45, 7) is 3.06. The van der Waals surface area contributed by atoms with E-state index in [-0.39, 0.29) is 12.4 Å². The summed E-state index contributed by atoms with van der Waals surface area (Å²) >= 11 is 6.58. The monoisotopic (exact) mass is 330 g/mol. The minimum absolute atomic E-state index is 0. The second kappa shape index (κ2) is 4.72. The first-order valence-electron chi connectivity index (χ1n) is 3.72. The standard InChI is InChI=1S/C6H8Br2N4.ClH/c7-5-6(8)11-12(10-5)3-4-1-9-2-4;/h4,9H,1-3H2;1H. The van der Waals surface area contributed by atoms with Gasteiger partial charge in [-0.2, -0.15) is 4.80 Å². The Kier molecular flexibility index (Phi) is 4.15. The first kappa shape index (κ1) is 11.4. The number of aromatic nitrogens is 3. The molecule has 1 aliphatic heterocycles. The van der Waals surface area contributed by atoms with Crippen LogP contribution in [-0.4, -0.2) is 28.1 Å². The van der Waals surface area contributed by atoms with Gasteiger partial charge >= 0.3 is 0 Å². The van der Waals surface area contributed by atoms with Crippen molar-refractivity contribution in [2.75, 3.05) is 13.1 Å². The Hall–Kier alpha value is 0.350. The zero-order chi connectivity index (χ0) is 8.55. The van der Waals surface area contributed by atoms with Crippen LogP contribution in [-0.2, 0) is 6.54 Å². The van der Waals surface area contributed by atoms with Crippen LogP contribution in [0.3, 0.4) is 0 Å². The second-order valence-corrected chi connectivity index (χ2v) is 4.36. The maximum Gasteiger partial charge on any atom is 0.162 e. The van der Waals surface area contributed by atoms with Gasteiger partial charge in [-0.3, -0.25) is 0 Å². The third-order valence-corrected chi connectivity index (χ3v) is 3.46. The van der Waals surface area contributed by atoms with Crippen molar-refractivity contribution in [1.29, 1.82) is 0 Å². The summed E-state index contributed by atoms with van der Waals surface area (Å²) in [7, 11) is 0. The minimum atomic E-state index is 0. The Labute approximate surface area is 99.1 Å². The third-order valence-electron chi connectivity index (χ3n) is 1.86. The molecule has 4 nitrogen and oxygen atoms in total. The minimum Gasteiger partial charge on any atom is -0.316 e. The van der Waals surface area contributed by atoms with E-state index in [2.05, 4.69) is 47.4 Å². The van der Waals surface area contributed by atoms with Gasteiger partial charge in [-0.15, -0.1) is 22.6 Å². The molecule has 0 bridgehead atoms. The van der Waals surface area contributed by atoms with E-state index in [0.717, 1.165) is 28.8 Å². The van der Waals surface area contributed by atoms with Gasteiger partial charge in [-0.25, -0.2) is 0 Å². The van der Waals surface area contributed by atoms with E-state index in [1.54, 1.807) is 4.80 Å². The summed E-state index contributed by atoms with van der Waals surface area (Å²) in [6, 6.07) is 0. The largest absolute Gasteiger partial charge is 0.316 e. The lowest BCUT2D eigenvalue weighted by atomic mass is 10.0. The van der Waals surface area contributed by atoms with Crippen LogP contribution in [0.1, 0.15) is 0 Å². The average molecular weight is 332 g/mol. The third kappa shape index (κ3) is 2.65. The predicted molar refractivity (Wildman–Crippen MR) is 59.0 cm³/mol. The van der Waals surface area contributed by atoms with Crippen LogP contribution in [0, 0.1) is 5.92 Å². The van der Waals surface area contributed by atoms with E-state index < -0.39 is 0 Å². The smallest absolute Gasteiger partial charge is 0.162 e. The highest BCUT2D eigenvalue weighted by molar-refractivity contribution is 9.13. The molecule has 2 heterocycles. The first-order valence-corrected chi connectivity index (χ1v) is 5.31.